The number of rotatable bonds is 5. The fourth-order valence-corrected chi connectivity index (χ4v) is 11.0. The SMILES string of the molecule is c1ccc(-c2cc(-n3c4ccccc4c4c5c6ccccc6sc5c5c6ccccc6n(-c6ccccc6)c5c43)ccc2-c2nc3ccccc3nc2-c2ccccc2)cc1. The Balaban J connectivity index is 1.21. The molecule has 0 fully saturated rings. The Morgan fingerprint density at radius 2 is 0.885 bits per heavy atom. The molecule has 61 heavy (non-hydrogen) atoms. The van der Waals surface area contributed by atoms with E-state index >= 15 is 0 Å². The van der Waals surface area contributed by atoms with Gasteiger partial charge in [-0.05, 0) is 65.7 Å². The number of thiophene rings is 1. The van der Waals surface area contributed by atoms with Crippen molar-refractivity contribution in [3.63, 3.8) is 0 Å². The second-order valence-corrected chi connectivity index (χ2v) is 16.7. The highest BCUT2D eigenvalue weighted by molar-refractivity contribution is 7.27. The highest BCUT2D eigenvalue weighted by atomic mass is 32.1. The molecule has 0 spiro atoms. The third-order valence-corrected chi connectivity index (χ3v) is 13.5. The van der Waals surface area contributed by atoms with Gasteiger partial charge in [0.1, 0.15) is 0 Å². The number of nitrogens with zero attached hydrogens (tertiary/aromatic N) is 4. The van der Waals surface area contributed by atoms with E-state index in [0.29, 0.717) is 0 Å². The second kappa shape index (κ2) is 13.3. The molecule has 0 saturated carbocycles. The van der Waals surface area contributed by atoms with Gasteiger partial charge in [-0.25, -0.2) is 9.97 Å². The lowest BCUT2D eigenvalue weighted by Crippen LogP contribution is -2.01. The molecular weight excluding hydrogens is 761 g/mol. The zero-order chi connectivity index (χ0) is 40.0. The van der Waals surface area contributed by atoms with E-state index < -0.39 is 0 Å². The maximum absolute atomic E-state index is 5.40. The molecule has 13 aromatic rings. The van der Waals surface area contributed by atoms with Crippen molar-refractivity contribution in [3.8, 4) is 45.0 Å². The highest BCUT2D eigenvalue weighted by Gasteiger charge is 2.27. The molecule has 0 unspecified atom stereocenters. The summed E-state index contributed by atoms with van der Waals surface area (Å²) >= 11 is 1.91. The Morgan fingerprint density at radius 1 is 0.361 bits per heavy atom. The largest absolute Gasteiger partial charge is 0.307 e. The van der Waals surface area contributed by atoms with Crippen LogP contribution in [0.3, 0.4) is 0 Å². The maximum Gasteiger partial charge on any atom is 0.0979 e. The fourth-order valence-electron chi connectivity index (χ4n) is 9.71. The van der Waals surface area contributed by atoms with E-state index in [-0.39, 0.29) is 0 Å². The predicted octanol–water partition coefficient (Wildman–Crippen LogP) is 15.2. The number of hydrogen-bond acceptors (Lipinski definition) is 3. The average molecular weight is 795 g/mol. The van der Waals surface area contributed by atoms with Crippen molar-refractivity contribution in [1.29, 1.82) is 0 Å². The second-order valence-electron chi connectivity index (χ2n) is 15.7. The molecule has 0 aliphatic heterocycles. The first-order chi connectivity index (χ1) is 30.3. The molecule has 4 heterocycles. The zero-order valence-electron chi connectivity index (χ0n) is 32.8. The van der Waals surface area contributed by atoms with Crippen LogP contribution >= 0.6 is 11.3 Å². The third-order valence-electron chi connectivity index (χ3n) is 12.3. The van der Waals surface area contributed by atoms with E-state index in [1.54, 1.807) is 0 Å². The van der Waals surface area contributed by atoms with E-state index in [9.17, 15) is 0 Å². The van der Waals surface area contributed by atoms with Gasteiger partial charge in [0.15, 0.2) is 0 Å². The van der Waals surface area contributed by atoms with Gasteiger partial charge in [-0.2, -0.15) is 0 Å². The van der Waals surface area contributed by atoms with Gasteiger partial charge in [-0.15, -0.1) is 11.3 Å². The molecule has 0 bridgehead atoms. The molecule has 9 aromatic carbocycles. The molecule has 0 saturated heterocycles. The summed E-state index contributed by atoms with van der Waals surface area (Å²) < 4.78 is 7.63. The van der Waals surface area contributed by atoms with Crippen LogP contribution in [0.4, 0.5) is 0 Å². The topological polar surface area (TPSA) is 35.6 Å². The first-order valence-electron chi connectivity index (χ1n) is 20.7. The molecule has 0 N–H and O–H groups in total. The lowest BCUT2D eigenvalue weighted by atomic mass is 9.94. The summed E-state index contributed by atoms with van der Waals surface area (Å²) in [5, 5.41) is 7.64. The number of fused-ring (bicyclic) bond motifs is 13. The molecule has 4 nitrogen and oxygen atoms in total. The van der Waals surface area contributed by atoms with Crippen LogP contribution in [-0.4, -0.2) is 19.1 Å². The van der Waals surface area contributed by atoms with Gasteiger partial charge in [-0.1, -0.05) is 152 Å². The summed E-state index contributed by atoms with van der Waals surface area (Å²) in [6.07, 6.45) is 0. The zero-order valence-corrected chi connectivity index (χ0v) is 33.6. The van der Waals surface area contributed by atoms with Crippen LogP contribution < -0.4 is 0 Å². The summed E-state index contributed by atoms with van der Waals surface area (Å²) in [7, 11) is 0. The monoisotopic (exact) mass is 794 g/mol. The minimum Gasteiger partial charge on any atom is -0.307 e. The summed E-state index contributed by atoms with van der Waals surface area (Å²) in [4.78, 5) is 10.7. The third kappa shape index (κ3) is 5.05. The van der Waals surface area contributed by atoms with Gasteiger partial charge in [0, 0.05) is 64.2 Å². The van der Waals surface area contributed by atoms with Crippen LogP contribution in [0.15, 0.2) is 206 Å². The van der Waals surface area contributed by atoms with E-state index in [2.05, 4.69) is 197 Å². The molecule has 13 rings (SSSR count). The van der Waals surface area contributed by atoms with E-state index in [4.69, 9.17) is 9.97 Å². The van der Waals surface area contributed by atoms with E-state index in [1.807, 2.05) is 29.5 Å². The van der Waals surface area contributed by atoms with Crippen LogP contribution in [0.25, 0.3) is 120 Å². The maximum atomic E-state index is 5.40. The Morgan fingerprint density at radius 3 is 1.59 bits per heavy atom. The van der Waals surface area contributed by atoms with Crippen molar-refractivity contribution < 1.29 is 0 Å². The molecule has 0 atom stereocenters. The van der Waals surface area contributed by atoms with Gasteiger partial charge in [0.05, 0.1) is 44.5 Å². The smallest absolute Gasteiger partial charge is 0.0979 e. The lowest BCUT2D eigenvalue weighted by Gasteiger charge is -2.18. The van der Waals surface area contributed by atoms with Gasteiger partial charge in [-0.3, -0.25) is 0 Å². The average Bonchev–Trinajstić information content (AvgIpc) is 4.00. The fraction of sp³-hybridized carbons (Fsp3) is 0. The quantitative estimate of drug-likeness (QED) is 0.174. The number of benzene rings is 9. The predicted molar refractivity (Wildman–Crippen MR) is 257 cm³/mol. The molecule has 5 heteroatoms. The molecule has 284 valence electrons. The minimum atomic E-state index is 0.857. The summed E-state index contributed by atoms with van der Waals surface area (Å²) in [5.74, 6) is 0. The standard InChI is InChI=1S/C56H34N4S/c1-4-18-35(19-5-1)43-34-38(32-33-39(43)53-52(36-20-6-2-7-21-36)57-44-27-13-14-28-45(44)58-53)60-46-29-15-10-24-40(46)49-50-42-26-12-17-31-48(42)61-56(50)51-41-25-11-16-30-47(41)59(55(51)54(49)60)37-22-8-3-9-23-37/h1-34H. The number of hydrogen-bond donors (Lipinski definition) is 0. The normalized spacial score (nSPS) is 11.9. The molecule has 0 aliphatic rings. The van der Waals surface area contributed by atoms with Gasteiger partial charge in [0.2, 0.25) is 0 Å². The van der Waals surface area contributed by atoms with E-state index in [0.717, 1.165) is 61.6 Å². The van der Waals surface area contributed by atoms with Gasteiger partial charge < -0.3 is 9.13 Å². The van der Waals surface area contributed by atoms with Crippen LogP contribution in [0, 0.1) is 0 Å². The minimum absolute atomic E-state index is 0.857. The van der Waals surface area contributed by atoms with Crippen LogP contribution in [0.5, 0.6) is 0 Å². The Labute approximate surface area is 354 Å². The van der Waals surface area contributed by atoms with Gasteiger partial charge >= 0.3 is 0 Å². The van der Waals surface area contributed by atoms with Crippen molar-refractivity contribution in [1.82, 2.24) is 19.1 Å². The number of aromatic nitrogens is 4. The van der Waals surface area contributed by atoms with E-state index in [1.165, 1.54) is 58.3 Å². The van der Waals surface area contributed by atoms with Crippen LogP contribution in [0.2, 0.25) is 0 Å². The molecule has 0 aliphatic carbocycles. The van der Waals surface area contributed by atoms with Crippen molar-refractivity contribution in [2.45, 2.75) is 0 Å². The molecule has 4 aromatic heterocycles. The highest BCUT2D eigenvalue weighted by Crippen LogP contribution is 2.51. The van der Waals surface area contributed by atoms with Crippen molar-refractivity contribution in [2.24, 2.45) is 0 Å². The summed E-state index contributed by atoms with van der Waals surface area (Å²) in [6, 6.07) is 74.0. The molecule has 0 amide bonds. The number of para-hydroxylation sites is 5. The Hall–Kier alpha value is -7.86. The summed E-state index contributed by atoms with van der Waals surface area (Å²) in [5.41, 5.74) is 14.7. The molecule has 0 radical (unpaired) electrons. The van der Waals surface area contributed by atoms with Crippen molar-refractivity contribution in [3.05, 3.63) is 206 Å². The summed E-state index contributed by atoms with van der Waals surface area (Å²) in [6.45, 7) is 0. The van der Waals surface area contributed by atoms with Crippen molar-refractivity contribution >= 4 is 86.2 Å². The Bertz CT molecular complexity index is 3860. The van der Waals surface area contributed by atoms with Gasteiger partial charge in [0.25, 0.3) is 0 Å². The van der Waals surface area contributed by atoms with Crippen molar-refractivity contribution in [2.75, 3.05) is 0 Å². The lowest BCUT2D eigenvalue weighted by molar-refractivity contribution is 1.15. The molecular formula is C56H34N4S. The first-order valence-corrected chi connectivity index (χ1v) is 21.5. The van der Waals surface area contributed by atoms with Crippen LogP contribution in [-0.2, 0) is 0 Å². The first kappa shape index (κ1) is 34.0. The Kier molecular flexibility index (Phi) is 7.44. The van der Waals surface area contributed by atoms with Crippen LogP contribution in [0.1, 0.15) is 0 Å².